The fourth-order valence-electron chi connectivity index (χ4n) is 3.85. The first-order valence-corrected chi connectivity index (χ1v) is 8.63. The van der Waals surface area contributed by atoms with Crippen molar-refractivity contribution < 1.29 is 9.59 Å². The lowest BCUT2D eigenvalue weighted by Gasteiger charge is -2.38. The first-order valence-electron chi connectivity index (χ1n) is 8.63. The number of carbonyl (C=O) groups excluding carboxylic acids is 2. The number of hydrogen-bond donors (Lipinski definition) is 0. The van der Waals surface area contributed by atoms with Gasteiger partial charge in [0.25, 0.3) is 0 Å². The number of likely N-dealkylation sites (tertiary alicyclic amines) is 2. The zero-order chi connectivity index (χ0) is 16.4. The van der Waals surface area contributed by atoms with E-state index < -0.39 is 0 Å². The lowest BCUT2D eigenvalue weighted by atomic mass is 10.00. The summed E-state index contributed by atoms with van der Waals surface area (Å²) in [6, 6.07) is -0.0718. The van der Waals surface area contributed by atoms with Gasteiger partial charge in [0.05, 0.1) is 18.8 Å². The lowest BCUT2D eigenvalue weighted by molar-refractivity contribution is -0.145. The number of nitrogens with zero attached hydrogens (tertiary/aromatic N) is 4. The molecule has 0 bridgehead atoms. The minimum absolute atomic E-state index is 0.0112. The Kier molecular flexibility index (Phi) is 4.68. The summed E-state index contributed by atoms with van der Waals surface area (Å²) in [6.07, 6.45) is 8.80. The lowest BCUT2D eigenvalue weighted by Crippen LogP contribution is -2.53. The normalized spacial score (nSPS) is 25.0. The fourth-order valence-corrected chi connectivity index (χ4v) is 3.85. The van der Waals surface area contributed by atoms with Gasteiger partial charge in [-0.25, -0.2) is 0 Å². The SMILES string of the molecule is CC(=O)N1CCC[C@@H]1C(=O)N1CCCC[C@@H]1Cn1cc(C)cn1. The Morgan fingerprint density at radius 1 is 1.17 bits per heavy atom. The van der Waals surface area contributed by atoms with E-state index in [9.17, 15) is 9.59 Å². The molecule has 2 saturated heterocycles. The van der Waals surface area contributed by atoms with E-state index in [4.69, 9.17) is 0 Å². The summed E-state index contributed by atoms with van der Waals surface area (Å²) >= 11 is 0. The van der Waals surface area contributed by atoms with E-state index >= 15 is 0 Å². The van der Waals surface area contributed by atoms with Gasteiger partial charge >= 0.3 is 0 Å². The van der Waals surface area contributed by atoms with Crippen molar-refractivity contribution in [2.24, 2.45) is 0 Å². The Hall–Kier alpha value is -1.85. The van der Waals surface area contributed by atoms with Crippen LogP contribution in [0.2, 0.25) is 0 Å². The molecule has 0 spiro atoms. The second-order valence-corrected chi connectivity index (χ2v) is 6.79. The number of hydrogen-bond acceptors (Lipinski definition) is 3. The molecule has 0 aliphatic carbocycles. The molecule has 126 valence electrons. The number of piperidine rings is 1. The van der Waals surface area contributed by atoms with Crippen LogP contribution in [0.1, 0.15) is 44.6 Å². The molecular formula is C17H26N4O2. The molecule has 6 heteroatoms. The van der Waals surface area contributed by atoms with Crippen LogP contribution in [-0.4, -0.2) is 56.6 Å². The third kappa shape index (κ3) is 3.41. The van der Waals surface area contributed by atoms with Crippen LogP contribution in [0.15, 0.2) is 12.4 Å². The second kappa shape index (κ2) is 6.72. The largest absolute Gasteiger partial charge is 0.336 e. The number of amides is 2. The highest BCUT2D eigenvalue weighted by Crippen LogP contribution is 2.25. The highest BCUT2D eigenvalue weighted by Gasteiger charge is 2.38. The van der Waals surface area contributed by atoms with E-state index in [-0.39, 0.29) is 23.9 Å². The van der Waals surface area contributed by atoms with Crippen molar-refractivity contribution in [2.75, 3.05) is 13.1 Å². The molecule has 0 unspecified atom stereocenters. The zero-order valence-corrected chi connectivity index (χ0v) is 14.1. The second-order valence-electron chi connectivity index (χ2n) is 6.79. The van der Waals surface area contributed by atoms with Crippen molar-refractivity contribution in [3.05, 3.63) is 18.0 Å². The first-order chi connectivity index (χ1) is 11.1. The van der Waals surface area contributed by atoms with Gasteiger partial charge < -0.3 is 9.80 Å². The van der Waals surface area contributed by atoms with E-state index in [1.807, 2.05) is 28.9 Å². The van der Waals surface area contributed by atoms with Gasteiger partial charge in [0.1, 0.15) is 6.04 Å². The van der Waals surface area contributed by atoms with Crippen LogP contribution in [0.4, 0.5) is 0 Å². The molecule has 23 heavy (non-hydrogen) atoms. The predicted octanol–water partition coefficient (Wildman–Crippen LogP) is 1.58. The average Bonchev–Trinajstić information content (AvgIpc) is 3.16. The minimum Gasteiger partial charge on any atom is -0.336 e. The monoisotopic (exact) mass is 318 g/mol. The molecule has 2 aliphatic rings. The summed E-state index contributed by atoms with van der Waals surface area (Å²) in [5.74, 6) is 0.142. The quantitative estimate of drug-likeness (QED) is 0.850. The molecule has 2 fully saturated rings. The summed E-state index contributed by atoms with van der Waals surface area (Å²) in [5, 5.41) is 4.36. The van der Waals surface area contributed by atoms with Gasteiger partial charge in [-0.2, -0.15) is 5.10 Å². The highest BCUT2D eigenvalue weighted by molar-refractivity contribution is 5.87. The number of rotatable bonds is 3. The van der Waals surface area contributed by atoms with Crippen molar-refractivity contribution in [3.8, 4) is 0 Å². The van der Waals surface area contributed by atoms with Crippen LogP contribution in [0.5, 0.6) is 0 Å². The van der Waals surface area contributed by atoms with E-state index in [2.05, 4.69) is 5.10 Å². The minimum atomic E-state index is -0.257. The molecule has 0 radical (unpaired) electrons. The van der Waals surface area contributed by atoms with E-state index in [1.165, 1.54) is 0 Å². The van der Waals surface area contributed by atoms with Gasteiger partial charge in [0.15, 0.2) is 0 Å². The van der Waals surface area contributed by atoms with Crippen molar-refractivity contribution >= 4 is 11.8 Å². The molecule has 3 rings (SSSR count). The van der Waals surface area contributed by atoms with Crippen LogP contribution in [0.3, 0.4) is 0 Å². The standard InChI is InChI=1S/C17H26N4O2/c1-13-10-18-19(11-13)12-15-6-3-4-8-21(15)17(23)16-7-5-9-20(16)14(2)22/h10-11,15-16H,3-9,12H2,1-2H3/t15-,16-/m1/s1. The van der Waals surface area contributed by atoms with Gasteiger partial charge in [-0.05, 0) is 44.6 Å². The Morgan fingerprint density at radius 2 is 1.96 bits per heavy atom. The maximum atomic E-state index is 13.0. The van der Waals surface area contributed by atoms with Crippen LogP contribution in [0, 0.1) is 6.92 Å². The Morgan fingerprint density at radius 3 is 2.65 bits per heavy atom. The van der Waals surface area contributed by atoms with Gasteiger partial charge in [-0.1, -0.05) is 0 Å². The third-order valence-corrected chi connectivity index (χ3v) is 5.01. The summed E-state index contributed by atoms with van der Waals surface area (Å²) in [7, 11) is 0. The Bertz CT molecular complexity index is 583. The first kappa shape index (κ1) is 16.0. The summed E-state index contributed by atoms with van der Waals surface area (Å²) in [4.78, 5) is 28.5. The van der Waals surface area contributed by atoms with Crippen LogP contribution < -0.4 is 0 Å². The van der Waals surface area contributed by atoms with E-state index in [0.717, 1.165) is 50.8 Å². The molecule has 0 N–H and O–H groups in total. The molecule has 3 heterocycles. The maximum absolute atomic E-state index is 13.0. The smallest absolute Gasteiger partial charge is 0.245 e. The van der Waals surface area contributed by atoms with Crippen LogP contribution >= 0.6 is 0 Å². The van der Waals surface area contributed by atoms with Crippen molar-refractivity contribution in [1.29, 1.82) is 0 Å². The Labute approximate surface area is 137 Å². The van der Waals surface area contributed by atoms with Crippen molar-refractivity contribution in [2.45, 2.75) is 64.6 Å². The van der Waals surface area contributed by atoms with E-state index in [1.54, 1.807) is 11.8 Å². The number of aromatic nitrogens is 2. The molecule has 1 aromatic rings. The molecule has 0 saturated carbocycles. The third-order valence-electron chi connectivity index (χ3n) is 5.01. The molecule has 2 atom stereocenters. The summed E-state index contributed by atoms with van der Waals surface area (Å²) < 4.78 is 1.93. The summed E-state index contributed by atoms with van der Waals surface area (Å²) in [6.45, 7) is 5.84. The fraction of sp³-hybridized carbons (Fsp3) is 0.706. The predicted molar refractivity (Wildman–Crippen MR) is 86.7 cm³/mol. The zero-order valence-electron chi connectivity index (χ0n) is 14.1. The van der Waals surface area contributed by atoms with Gasteiger partial charge in [0.2, 0.25) is 11.8 Å². The molecule has 0 aromatic carbocycles. The molecule has 6 nitrogen and oxygen atoms in total. The topological polar surface area (TPSA) is 58.4 Å². The summed E-state index contributed by atoms with van der Waals surface area (Å²) in [5.41, 5.74) is 1.14. The molecular weight excluding hydrogens is 292 g/mol. The van der Waals surface area contributed by atoms with Crippen LogP contribution in [-0.2, 0) is 16.1 Å². The number of aryl methyl sites for hydroxylation is 1. The van der Waals surface area contributed by atoms with Crippen molar-refractivity contribution in [3.63, 3.8) is 0 Å². The maximum Gasteiger partial charge on any atom is 0.245 e. The van der Waals surface area contributed by atoms with Gasteiger partial charge in [-0.15, -0.1) is 0 Å². The van der Waals surface area contributed by atoms with E-state index in [0.29, 0.717) is 6.54 Å². The molecule has 1 aromatic heterocycles. The average molecular weight is 318 g/mol. The Balaban J connectivity index is 1.72. The number of carbonyl (C=O) groups is 2. The van der Waals surface area contributed by atoms with Crippen LogP contribution in [0.25, 0.3) is 0 Å². The molecule has 2 amide bonds. The highest BCUT2D eigenvalue weighted by atomic mass is 16.2. The van der Waals surface area contributed by atoms with Gasteiger partial charge in [0, 0.05) is 26.2 Å². The van der Waals surface area contributed by atoms with Crippen molar-refractivity contribution in [1.82, 2.24) is 19.6 Å². The molecule has 2 aliphatic heterocycles. The van der Waals surface area contributed by atoms with Gasteiger partial charge in [-0.3, -0.25) is 14.3 Å².